The molecule has 0 saturated heterocycles. The Hall–Kier alpha value is -2.58. The molecule has 0 aliphatic carbocycles. The number of nitrogens with zero attached hydrogens (tertiary/aromatic N) is 1. The lowest BCUT2D eigenvalue weighted by atomic mass is 10.0. The van der Waals surface area contributed by atoms with Crippen molar-refractivity contribution in [1.29, 1.82) is 0 Å². The molecule has 1 heterocycles. The topological polar surface area (TPSA) is 84.9 Å². The third kappa shape index (κ3) is 4.45. The van der Waals surface area contributed by atoms with Crippen molar-refractivity contribution < 1.29 is 22.7 Å². The minimum absolute atomic E-state index is 0.0494. The first-order valence-corrected chi connectivity index (χ1v) is 10.5. The Labute approximate surface area is 165 Å². The molecular weight excluding hydrogens is 380 g/mol. The molecule has 2 aromatic rings. The SMILES string of the molecule is CC(C)c1ccc(NC(=O)CN(C)S(=O)(=O)c2ccc3c(c2)OCCO3)cc1. The molecule has 0 radical (unpaired) electrons. The lowest BCUT2D eigenvalue weighted by molar-refractivity contribution is -0.116. The molecule has 8 heteroatoms. The lowest BCUT2D eigenvalue weighted by Crippen LogP contribution is -2.35. The van der Waals surface area contributed by atoms with Gasteiger partial charge < -0.3 is 14.8 Å². The predicted octanol–water partition coefficient (Wildman–Crippen LogP) is 2.84. The van der Waals surface area contributed by atoms with Crippen LogP contribution in [0.15, 0.2) is 47.4 Å². The molecule has 1 N–H and O–H groups in total. The van der Waals surface area contributed by atoms with Crippen LogP contribution in [0.3, 0.4) is 0 Å². The van der Waals surface area contributed by atoms with Crippen molar-refractivity contribution in [1.82, 2.24) is 4.31 Å². The average Bonchev–Trinajstić information content (AvgIpc) is 2.67. The van der Waals surface area contributed by atoms with Crippen LogP contribution < -0.4 is 14.8 Å². The van der Waals surface area contributed by atoms with Gasteiger partial charge in [-0.3, -0.25) is 4.79 Å². The smallest absolute Gasteiger partial charge is 0.243 e. The van der Waals surface area contributed by atoms with Gasteiger partial charge in [-0.1, -0.05) is 26.0 Å². The number of carbonyl (C=O) groups excluding carboxylic acids is 1. The summed E-state index contributed by atoms with van der Waals surface area (Å²) in [6.07, 6.45) is 0. The largest absolute Gasteiger partial charge is 0.486 e. The van der Waals surface area contributed by atoms with Crippen LogP contribution in [-0.4, -0.2) is 45.4 Å². The summed E-state index contributed by atoms with van der Waals surface area (Å²) in [5, 5.41) is 2.72. The van der Waals surface area contributed by atoms with Gasteiger partial charge in [0.25, 0.3) is 0 Å². The average molecular weight is 404 g/mol. The first-order valence-electron chi connectivity index (χ1n) is 9.03. The number of ether oxygens (including phenoxy) is 2. The van der Waals surface area contributed by atoms with Crippen LogP contribution in [0.1, 0.15) is 25.3 Å². The summed E-state index contributed by atoms with van der Waals surface area (Å²) in [5.74, 6) is 0.874. The van der Waals surface area contributed by atoms with Gasteiger partial charge in [0.2, 0.25) is 15.9 Å². The molecule has 3 rings (SSSR count). The summed E-state index contributed by atoms with van der Waals surface area (Å²) in [6.45, 7) is 4.67. The molecule has 1 aliphatic rings. The maximum absolute atomic E-state index is 12.8. The molecule has 1 amide bonds. The summed E-state index contributed by atoms with van der Waals surface area (Å²) in [6, 6.07) is 11.9. The van der Waals surface area contributed by atoms with Crippen LogP contribution in [0.5, 0.6) is 11.5 Å². The molecule has 7 nitrogen and oxygen atoms in total. The number of rotatable bonds is 6. The van der Waals surface area contributed by atoms with Crippen molar-refractivity contribution in [2.45, 2.75) is 24.7 Å². The van der Waals surface area contributed by atoms with Gasteiger partial charge in [-0.15, -0.1) is 0 Å². The molecular formula is C20H24N2O5S. The monoisotopic (exact) mass is 404 g/mol. The number of anilines is 1. The molecule has 1 aliphatic heterocycles. The van der Waals surface area contributed by atoms with E-state index < -0.39 is 15.9 Å². The quantitative estimate of drug-likeness (QED) is 0.800. The number of benzene rings is 2. The zero-order valence-electron chi connectivity index (χ0n) is 16.1. The van der Waals surface area contributed by atoms with Crippen molar-refractivity contribution in [2.75, 3.05) is 32.1 Å². The van der Waals surface area contributed by atoms with Crippen LogP contribution in [0.4, 0.5) is 5.69 Å². The summed E-state index contributed by atoms with van der Waals surface area (Å²) in [5.41, 5.74) is 1.79. The number of hydrogen-bond donors (Lipinski definition) is 1. The zero-order chi connectivity index (χ0) is 20.3. The Morgan fingerprint density at radius 3 is 2.36 bits per heavy atom. The summed E-state index contributed by atoms with van der Waals surface area (Å²) < 4.78 is 37.4. The van der Waals surface area contributed by atoms with E-state index in [2.05, 4.69) is 19.2 Å². The van der Waals surface area contributed by atoms with Crippen molar-refractivity contribution in [2.24, 2.45) is 0 Å². The molecule has 150 valence electrons. The van der Waals surface area contributed by atoms with E-state index >= 15 is 0 Å². The third-order valence-corrected chi connectivity index (χ3v) is 6.25. The maximum Gasteiger partial charge on any atom is 0.243 e. The van der Waals surface area contributed by atoms with Gasteiger partial charge in [-0.25, -0.2) is 8.42 Å². The number of hydrogen-bond acceptors (Lipinski definition) is 5. The number of carbonyl (C=O) groups is 1. The van der Waals surface area contributed by atoms with Crippen LogP contribution in [0.2, 0.25) is 0 Å². The van der Waals surface area contributed by atoms with Crippen LogP contribution in [0.25, 0.3) is 0 Å². The van der Waals surface area contributed by atoms with Crippen molar-refractivity contribution in [3.05, 3.63) is 48.0 Å². The van der Waals surface area contributed by atoms with E-state index in [1.54, 1.807) is 6.07 Å². The third-order valence-electron chi connectivity index (χ3n) is 4.45. The van der Waals surface area contributed by atoms with Crippen molar-refractivity contribution in [3.8, 4) is 11.5 Å². The number of likely N-dealkylation sites (N-methyl/N-ethyl adjacent to an activating group) is 1. The maximum atomic E-state index is 12.8. The van der Waals surface area contributed by atoms with Gasteiger partial charge in [-0.05, 0) is 35.7 Å². The van der Waals surface area contributed by atoms with Gasteiger partial charge in [0.15, 0.2) is 11.5 Å². The Bertz CT molecular complexity index is 955. The van der Waals surface area contributed by atoms with E-state index in [1.807, 2.05) is 24.3 Å². The second-order valence-corrected chi connectivity index (χ2v) is 8.94. The van der Waals surface area contributed by atoms with Crippen LogP contribution >= 0.6 is 0 Å². The highest BCUT2D eigenvalue weighted by atomic mass is 32.2. The van der Waals surface area contributed by atoms with E-state index in [4.69, 9.17) is 9.47 Å². The first-order chi connectivity index (χ1) is 13.3. The summed E-state index contributed by atoms with van der Waals surface area (Å²) >= 11 is 0. The fraction of sp³-hybridized carbons (Fsp3) is 0.350. The molecule has 0 saturated carbocycles. The minimum atomic E-state index is -3.84. The number of amides is 1. The van der Waals surface area contributed by atoms with Gasteiger partial charge in [0.1, 0.15) is 13.2 Å². The van der Waals surface area contributed by atoms with Gasteiger partial charge >= 0.3 is 0 Å². The number of nitrogens with one attached hydrogen (secondary N) is 1. The van der Waals surface area contributed by atoms with Crippen LogP contribution in [-0.2, 0) is 14.8 Å². The molecule has 0 fully saturated rings. The molecule has 0 unspecified atom stereocenters. The normalized spacial score (nSPS) is 13.6. The second kappa shape index (κ2) is 8.20. The fourth-order valence-electron chi connectivity index (χ4n) is 2.80. The van der Waals surface area contributed by atoms with Crippen molar-refractivity contribution >= 4 is 21.6 Å². The standard InChI is InChI=1S/C20H24N2O5S/c1-14(2)15-4-6-16(7-5-15)21-20(23)13-22(3)28(24,25)17-8-9-18-19(12-17)27-11-10-26-18/h4-9,12,14H,10-11,13H2,1-3H3,(H,21,23). The highest BCUT2D eigenvalue weighted by molar-refractivity contribution is 7.89. The second-order valence-electron chi connectivity index (χ2n) is 6.89. The Kier molecular flexibility index (Phi) is 5.90. The van der Waals surface area contributed by atoms with E-state index in [0.29, 0.717) is 36.3 Å². The Balaban J connectivity index is 1.67. The highest BCUT2D eigenvalue weighted by Gasteiger charge is 2.25. The summed E-state index contributed by atoms with van der Waals surface area (Å²) in [4.78, 5) is 12.3. The molecule has 0 atom stereocenters. The Morgan fingerprint density at radius 1 is 1.07 bits per heavy atom. The summed E-state index contributed by atoms with van der Waals surface area (Å²) in [7, 11) is -2.47. The molecule has 0 spiro atoms. The van der Waals surface area contributed by atoms with Gasteiger partial charge in [-0.2, -0.15) is 4.31 Å². The van der Waals surface area contributed by atoms with Crippen LogP contribution in [0, 0.1) is 0 Å². The van der Waals surface area contributed by atoms with E-state index in [1.165, 1.54) is 19.2 Å². The van der Waals surface area contributed by atoms with E-state index in [0.717, 1.165) is 9.87 Å². The van der Waals surface area contributed by atoms with Gasteiger partial charge in [0.05, 0.1) is 11.4 Å². The van der Waals surface area contributed by atoms with E-state index in [-0.39, 0.29) is 11.4 Å². The number of fused-ring (bicyclic) bond motifs is 1. The van der Waals surface area contributed by atoms with Crippen molar-refractivity contribution in [3.63, 3.8) is 0 Å². The molecule has 0 bridgehead atoms. The first kappa shape index (κ1) is 20.2. The minimum Gasteiger partial charge on any atom is -0.486 e. The lowest BCUT2D eigenvalue weighted by Gasteiger charge is -2.21. The highest BCUT2D eigenvalue weighted by Crippen LogP contribution is 2.32. The van der Waals surface area contributed by atoms with Gasteiger partial charge in [0, 0.05) is 18.8 Å². The van der Waals surface area contributed by atoms with E-state index in [9.17, 15) is 13.2 Å². The molecule has 0 aromatic heterocycles. The zero-order valence-corrected chi connectivity index (χ0v) is 17.0. The fourth-order valence-corrected chi connectivity index (χ4v) is 3.95. The Morgan fingerprint density at radius 2 is 1.71 bits per heavy atom. The predicted molar refractivity (Wildman–Crippen MR) is 106 cm³/mol. The number of sulfonamides is 1. The molecule has 28 heavy (non-hydrogen) atoms. The molecule has 2 aromatic carbocycles.